The predicted molar refractivity (Wildman–Crippen MR) is 315 cm³/mol. The number of amides is 2. The van der Waals surface area contributed by atoms with Crippen molar-refractivity contribution in [2.24, 2.45) is 0 Å². The van der Waals surface area contributed by atoms with Crippen molar-refractivity contribution < 1.29 is 125 Å². The van der Waals surface area contributed by atoms with Crippen molar-refractivity contribution in [2.45, 2.75) is 59.7 Å². The van der Waals surface area contributed by atoms with Crippen LogP contribution in [0.25, 0.3) is 44.6 Å². The molecule has 1 aliphatic carbocycles. The molecule has 2 aromatic heterocycles. The molecule has 1 saturated heterocycles. The maximum absolute atomic E-state index is 13.2. The van der Waals surface area contributed by atoms with Crippen molar-refractivity contribution in [2.75, 3.05) is 90.0 Å². The maximum atomic E-state index is 13.2. The van der Waals surface area contributed by atoms with Crippen LogP contribution in [0.4, 0.5) is 11.5 Å². The smallest absolute Gasteiger partial charge is 0.478 e. The number of nitrogens with zero attached hydrogens (tertiary/aromatic N) is 4. The summed E-state index contributed by atoms with van der Waals surface area (Å²) in [5.41, 5.74) is 9.92. The minimum Gasteiger partial charge on any atom is -0.478 e. The number of nitrogens with one attached hydrogen (secondary N) is 3. The average Bonchev–Trinajstić information content (AvgIpc) is 0.961. The highest BCUT2D eigenvalue weighted by Gasteiger charge is 2.44. The number of carboxylic acids is 1. The van der Waals surface area contributed by atoms with E-state index in [9.17, 15) is 68.9 Å². The number of phosphoric ester groups is 1. The second-order valence-corrected chi connectivity index (χ2v) is 29.6. The lowest BCUT2D eigenvalue weighted by Crippen LogP contribution is -2.36. The topological polar surface area (TPSA) is 552 Å². The van der Waals surface area contributed by atoms with Crippen molar-refractivity contribution in [3.8, 4) is 22.5 Å². The van der Waals surface area contributed by atoms with Crippen LogP contribution in [0.3, 0.4) is 0 Å². The van der Waals surface area contributed by atoms with E-state index in [1.54, 1.807) is 0 Å². The Balaban J connectivity index is 0.761. The number of rotatable bonds is 35. The Morgan fingerprint density at radius 3 is 2.11 bits per heavy atom. The van der Waals surface area contributed by atoms with E-state index in [1.807, 2.05) is 13.8 Å². The second-order valence-electron chi connectivity index (χ2n) is 19.5. The molecule has 43 heteroatoms. The van der Waals surface area contributed by atoms with Gasteiger partial charge in [0.1, 0.15) is 30.1 Å². The fraction of sp³-hybridized carbons (Fsp3) is 0.426. The van der Waals surface area contributed by atoms with E-state index in [0.29, 0.717) is 5.65 Å². The normalized spacial score (nSPS) is 17.2. The number of benzene rings is 3. The summed E-state index contributed by atoms with van der Waals surface area (Å²) in [4.78, 5) is 86.0. The summed E-state index contributed by atoms with van der Waals surface area (Å²) in [6.07, 6.45) is -0.0895. The van der Waals surface area contributed by atoms with E-state index < -0.39 is 123 Å². The maximum Gasteiger partial charge on any atom is 0.490 e. The highest BCUT2D eigenvalue weighted by molar-refractivity contribution is 8.77. The minimum absolute atomic E-state index is 0.0119. The van der Waals surface area contributed by atoms with Crippen LogP contribution in [0.15, 0.2) is 69.3 Å². The number of carbonyl (C=O) groups excluding carboxylic acids is 2. The van der Waals surface area contributed by atoms with Crippen LogP contribution in [0, 0.1) is 5.41 Å². The first-order valence-electron chi connectivity index (χ1n) is 26.0. The molecule has 2 amide bonds. The molecule has 2 aromatic carbocycles. The first kappa shape index (κ1) is 71.8. The SMILES string of the molecule is CC(C)(CNC(=O)CCOCCOCCOCCOCCNC(=O)c1ccc(-c2c3ccc(=N)c(S(=O)(=O)O)c-3oc3c(S(=O)(=O)O)c(N)ccc23)c(C(=O)O)c1)SSCOC1C[C@H](n2cnc3c(N)ncnc32)O[C@@H]1COP(=O)(O)OP(=O)(O)OP(=O)(O)O. The third-order valence-electron chi connectivity index (χ3n) is 12.4. The quantitative estimate of drug-likeness (QED) is 0.00516. The Labute approximate surface area is 518 Å². The number of hydrogen-bond donors (Lipinski definition) is 12. The molecule has 2 aliphatic heterocycles. The number of fused-ring (bicyclic) bond motifs is 3. The van der Waals surface area contributed by atoms with Crippen molar-refractivity contribution in [3.63, 3.8) is 0 Å². The fourth-order valence-corrected chi connectivity index (χ4v) is 15.3. The number of aromatic carboxylic acids is 1. The Kier molecular flexibility index (Phi) is 24.3. The Bertz CT molecular complexity index is 4030. The largest absolute Gasteiger partial charge is 0.490 e. The molecule has 36 nitrogen and oxygen atoms in total. The van der Waals surface area contributed by atoms with E-state index in [1.165, 1.54) is 63.1 Å². The number of nitrogens with two attached hydrogens (primary N) is 2. The second kappa shape index (κ2) is 30.4. The molecule has 0 spiro atoms. The van der Waals surface area contributed by atoms with E-state index in [2.05, 4.69) is 34.2 Å². The van der Waals surface area contributed by atoms with Gasteiger partial charge >= 0.3 is 29.4 Å². The summed E-state index contributed by atoms with van der Waals surface area (Å²) >= 11 is 0. The van der Waals surface area contributed by atoms with Gasteiger partial charge in [-0.25, -0.2) is 33.4 Å². The van der Waals surface area contributed by atoms with Gasteiger partial charge in [0.2, 0.25) is 5.91 Å². The molecule has 3 unspecified atom stereocenters. The van der Waals surface area contributed by atoms with Crippen LogP contribution in [-0.2, 0) is 80.3 Å². The van der Waals surface area contributed by atoms with Gasteiger partial charge in [-0.05, 0) is 55.8 Å². The van der Waals surface area contributed by atoms with Gasteiger partial charge in [-0.2, -0.15) is 25.5 Å². The van der Waals surface area contributed by atoms with Gasteiger partial charge in [-0.15, -0.1) is 0 Å². The molecule has 4 heterocycles. The number of imidazole rings is 1. The summed E-state index contributed by atoms with van der Waals surface area (Å²) in [6, 6.07) is 7.95. The zero-order valence-corrected chi connectivity index (χ0v) is 53.0. The van der Waals surface area contributed by atoms with Crippen molar-refractivity contribution in [1.29, 1.82) is 5.41 Å². The van der Waals surface area contributed by atoms with Crippen molar-refractivity contribution in [1.82, 2.24) is 30.2 Å². The molecule has 494 valence electrons. The summed E-state index contributed by atoms with van der Waals surface area (Å²) in [5.74, 6) is -3.19. The molecular formula is C47H60N9O27P3S4. The van der Waals surface area contributed by atoms with Gasteiger partial charge in [0.15, 0.2) is 32.6 Å². The molecule has 0 bridgehead atoms. The number of carbonyl (C=O) groups is 3. The predicted octanol–water partition coefficient (Wildman–Crippen LogP) is 3.32. The van der Waals surface area contributed by atoms with Crippen LogP contribution in [-0.4, -0.2) is 183 Å². The molecular weight excluding hydrogens is 1340 g/mol. The first-order valence-corrected chi connectivity index (χ1v) is 35.7. The third kappa shape index (κ3) is 19.7. The molecule has 7 rings (SSSR count). The average molecular weight is 1400 g/mol. The van der Waals surface area contributed by atoms with Gasteiger partial charge in [0.05, 0.1) is 88.5 Å². The van der Waals surface area contributed by atoms with Gasteiger partial charge in [0.25, 0.3) is 26.1 Å². The number of phosphoric acid groups is 3. The molecule has 90 heavy (non-hydrogen) atoms. The molecule has 5 atom stereocenters. The Hall–Kier alpha value is -5.62. The highest BCUT2D eigenvalue weighted by atomic mass is 33.1. The molecule has 14 N–H and O–H groups in total. The van der Waals surface area contributed by atoms with E-state index in [0.717, 1.165) is 18.2 Å². The van der Waals surface area contributed by atoms with Crippen molar-refractivity contribution in [3.05, 3.63) is 71.6 Å². The van der Waals surface area contributed by atoms with E-state index in [4.69, 9.17) is 64.0 Å². The van der Waals surface area contributed by atoms with E-state index >= 15 is 0 Å². The lowest BCUT2D eigenvalue weighted by atomic mass is 9.89. The lowest BCUT2D eigenvalue weighted by molar-refractivity contribution is -0.122. The van der Waals surface area contributed by atoms with Gasteiger partial charge in [-0.3, -0.25) is 33.2 Å². The van der Waals surface area contributed by atoms with Crippen molar-refractivity contribution >= 4 is 117 Å². The first-order chi connectivity index (χ1) is 42.2. The van der Waals surface area contributed by atoms with Crippen LogP contribution in [0.2, 0.25) is 0 Å². The Morgan fingerprint density at radius 1 is 0.822 bits per heavy atom. The number of ether oxygens (including phenoxy) is 6. The van der Waals surface area contributed by atoms with E-state index in [-0.39, 0.29) is 130 Å². The molecule has 1 fully saturated rings. The molecule has 4 aromatic rings. The van der Waals surface area contributed by atoms with Crippen LogP contribution in [0.5, 0.6) is 0 Å². The highest BCUT2D eigenvalue weighted by Crippen LogP contribution is 2.66. The van der Waals surface area contributed by atoms with Crippen LogP contribution in [0.1, 0.15) is 53.6 Å². The lowest BCUT2D eigenvalue weighted by Gasteiger charge is -2.24. The molecule has 0 radical (unpaired) electrons. The number of carboxylic acid groups (broad SMARTS) is 1. The fourth-order valence-electron chi connectivity index (χ4n) is 8.62. The number of nitrogen functional groups attached to an aromatic ring is 2. The summed E-state index contributed by atoms with van der Waals surface area (Å²) in [5, 5.41) is 23.0. The Morgan fingerprint density at radius 2 is 1.47 bits per heavy atom. The van der Waals surface area contributed by atoms with Gasteiger partial charge < -0.3 is 79.6 Å². The van der Waals surface area contributed by atoms with Crippen LogP contribution < -0.4 is 27.5 Å². The summed E-state index contributed by atoms with van der Waals surface area (Å²) in [6.45, 7) is 4.50. The van der Waals surface area contributed by atoms with Gasteiger partial charge in [0, 0.05) is 52.8 Å². The van der Waals surface area contributed by atoms with Crippen LogP contribution >= 0.6 is 45.1 Å². The van der Waals surface area contributed by atoms with Gasteiger partial charge in [-0.1, -0.05) is 27.7 Å². The number of anilines is 2. The number of aromatic nitrogens is 4. The summed E-state index contributed by atoms with van der Waals surface area (Å²) in [7, 11) is -24.7. The molecule has 0 saturated carbocycles. The third-order valence-corrected chi connectivity index (χ3v) is 21.0. The zero-order chi connectivity index (χ0) is 66.0. The standard InChI is InChI=1S/C47H60N9O27P3S4/c1-47(2,88-87-25-78-33-20-36(56-24-55-38-43(50)53-23-54-44(38)56)80-34(33)21-79-85(64,65)83-86(66,67)82-84(61,62)63)22-52-35(57)9-11-74-13-15-76-17-18-77-16-14-75-12-10-51-45(58)26-3-4-27(30(19-26)46(59)60)37-28-5-7-31(48)41(89(68,69)70)39(28)81-40-29(37)6-8-32(49)42(40)90(71,72)73/h3-8,19,23-24,33-34,36,48H,9-18,20-22,25,49H2,1-2H3,(H,51,58)(H,52,57)(H,59,60)(H,64,65)(H,66,67)(H2,50,53,54)(H2,61,62,63)(H,68,69,70)(H,71,72,73)/t33?,34-,36-/m1/s1. The summed E-state index contributed by atoms with van der Waals surface area (Å²) < 4.78 is 159. The molecule has 3 aliphatic rings. The monoisotopic (exact) mass is 1400 g/mol. The minimum atomic E-state index is -5.78. The number of hydrogen-bond acceptors (Lipinski definition) is 28. The zero-order valence-electron chi connectivity index (χ0n) is 47.0.